The Morgan fingerprint density at radius 3 is 2.94 bits per heavy atom. The Morgan fingerprint density at radius 1 is 1.56 bits per heavy atom. The Hall–Kier alpha value is -1.47. The largest absolute Gasteiger partial charge is 0.432 e. The summed E-state index contributed by atoms with van der Waals surface area (Å²) in [4.78, 5) is 6.42. The minimum absolute atomic E-state index is 0.535. The summed E-state index contributed by atoms with van der Waals surface area (Å²) in [5.41, 5.74) is 0.920. The molecular weight excluding hydrogens is 226 g/mol. The van der Waals surface area contributed by atoms with Crippen molar-refractivity contribution in [1.29, 1.82) is 0 Å². The lowest BCUT2D eigenvalue weighted by Crippen LogP contribution is -2.25. The summed E-state index contributed by atoms with van der Waals surface area (Å²) >= 11 is 0. The van der Waals surface area contributed by atoms with Gasteiger partial charge in [-0.15, -0.1) is 6.42 Å². The van der Waals surface area contributed by atoms with Crippen LogP contribution in [0.3, 0.4) is 0 Å². The van der Waals surface area contributed by atoms with Gasteiger partial charge in [-0.3, -0.25) is 0 Å². The van der Waals surface area contributed by atoms with E-state index in [1.807, 2.05) is 4.90 Å². The second kappa shape index (κ2) is 7.78. The molecule has 0 fully saturated rings. The molecule has 1 heterocycles. The summed E-state index contributed by atoms with van der Waals surface area (Å²) in [6.07, 6.45) is 8.06. The first-order chi connectivity index (χ1) is 8.67. The van der Waals surface area contributed by atoms with Crippen LogP contribution < -0.4 is 10.2 Å². The van der Waals surface area contributed by atoms with Crippen LogP contribution in [-0.2, 0) is 6.54 Å². The number of oxazole rings is 1. The molecule has 0 aromatic carbocycles. The summed E-state index contributed by atoms with van der Waals surface area (Å²) in [7, 11) is 0. The molecular formula is C14H23N3O. The van der Waals surface area contributed by atoms with Crippen molar-refractivity contribution in [2.24, 2.45) is 5.92 Å². The van der Waals surface area contributed by atoms with E-state index < -0.39 is 0 Å². The van der Waals surface area contributed by atoms with Crippen molar-refractivity contribution in [2.45, 2.75) is 33.7 Å². The highest BCUT2D eigenvalue weighted by Gasteiger charge is 2.11. The normalized spacial score (nSPS) is 10.6. The lowest BCUT2D eigenvalue weighted by atomic mass is 10.2. The number of hydrogen-bond donors (Lipinski definition) is 1. The summed E-state index contributed by atoms with van der Waals surface area (Å²) in [6, 6.07) is 0.621. The van der Waals surface area contributed by atoms with Crippen molar-refractivity contribution in [2.75, 3.05) is 24.5 Å². The topological polar surface area (TPSA) is 41.3 Å². The van der Waals surface area contributed by atoms with Crippen LogP contribution in [-0.4, -0.2) is 24.6 Å². The van der Waals surface area contributed by atoms with Crippen molar-refractivity contribution >= 4 is 6.01 Å². The Morgan fingerprint density at radius 2 is 2.33 bits per heavy atom. The number of hydrogen-bond acceptors (Lipinski definition) is 4. The Kier molecular flexibility index (Phi) is 6.31. The minimum Gasteiger partial charge on any atom is -0.432 e. The van der Waals surface area contributed by atoms with E-state index in [0.29, 0.717) is 18.5 Å². The molecule has 1 N–H and O–H groups in total. The zero-order chi connectivity index (χ0) is 13.4. The third-order valence-electron chi connectivity index (χ3n) is 2.44. The van der Waals surface area contributed by atoms with E-state index in [1.54, 1.807) is 6.26 Å². The van der Waals surface area contributed by atoms with Crippen molar-refractivity contribution in [3.63, 3.8) is 0 Å². The quantitative estimate of drug-likeness (QED) is 0.718. The fourth-order valence-electron chi connectivity index (χ4n) is 1.63. The molecule has 0 bridgehead atoms. The Bertz CT molecular complexity index is 379. The first-order valence-electron chi connectivity index (χ1n) is 6.50. The van der Waals surface area contributed by atoms with Crippen LogP contribution in [0, 0.1) is 18.3 Å². The van der Waals surface area contributed by atoms with Gasteiger partial charge in [0.15, 0.2) is 0 Å². The number of nitrogens with zero attached hydrogens (tertiary/aromatic N) is 2. The first-order valence-corrected chi connectivity index (χ1v) is 6.50. The van der Waals surface area contributed by atoms with Gasteiger partial charge in [0.2, 0.25) is 0 Å². The molecule has 1 aromatic heterocycles. The number of aromatic nitrogens is 1. The van der Waals surface area contributed by atoms with Crippen LogP contribution in [0.1, 0.15) is 32.9 Å². The highest BCUT2D eigenvalue weighted by Crippen LogP contribution is 2.13. The Labute approximate surface area is 110 Å². The molecule has 0 radical (unpaired) electrons. The fraction of sp³-hybridized carbons (Fsp3) is 0.643. The second-order valence-electron chi connectivity index (χ2n) is 4.77. The van der Waals surface area contributed by atoms with E-state index in [2.05, 4.69) is 37.0 Å². The highest BCUT2D eigenvalue weighted by atomic mass is 16.4. The zero-order valence-corrected chi connectivity index (χ0v) is 11.6. The van der Waals surface area contributed by atoms with Crippen LogP contribution in [0.25, 0.3) is 0 Å². The van der Waals surface area contributed by atoms with Gasteiger partial charge < -0.3 is 14.6 Å². The van der Waals surface area contributed by atoms with Crippen molar-refractivity contribution in [3.05, 3.63) is 12.0 Å². The van der Waals surface area contributed by atoms with E-state index in [-0.39, 0.29) is 0 Å². The van der Waals surface area contributed by atoms with Crippen LogP contribution in [0.5, 0.6) is 0 Å². The Balaban J connectivity index is 2.52. The van der Waals surface area contributed by atoms with E-state index >= 15 is 0 Å². The van der Waals surface area contributed by atoms with Crippen LogP contribution in [0.2, 0.25) is 0 Å². The van der Waals surface area contributed by atoms with Gasteiger partial charge in [-0.2, -0.15) is 4.98 Å². The fourth-order valence-corrected chi connectivity index (χ4v) is 1.63. The maximum atomic E-state index is 5.47. The van der Waals surface area contributed by atoms with Gasteiger partial charge in [0.1, 0.15) is 6.26 Å². The first kappa shape index (κ1) is 14.6. The predicted octanol–water partition coefficient (Wildman–Crippen LogP) is 2.27. The molecule has 0 spiro atoms. The SMILES string of the molecule is C#CCN(CCC)c1nc(CNCC(C)C)co1. The smallest absolute Gasteiger partial charge is 0.298 e. The van der Waals surface area contributed by atoms with Gasteiger partial charge in [0.25, 0.3) is 6.01 Å². The molecule has 1 rings (SSSR count). The number of anilines is 1. The molecule has 0 saturated carbocycles. The van der Waals surface area contributed by atoms with E-state index in [9.17, 15) is 0 Å². The standard InChI is InChI=1S/C14H23N3O/c1-5-7-17(8-6-2)14-16-13(11-18-14)10-15-9-12(3)4/h1,11-12,15H,6-10H2,2-4H3. The molecule has 0 saturated heterocycles. The van der Waals surface area contributed by atoms with Crippen LogP contribution in [0.4, 0.5) is 6.01 Å². The summed E-state index contributed by atoms with van der Waals surface area (Å²) in [5, 5.41) is 3.34. The number of terminal acetylenes is 1. The van der Waals surface area contributed by atoms with E-state index in [1.165, 1.54) is 0 Å². The average molecular weight is 249 g/mol. The molecule has 0 amide bonds. The molecule has 18 heavy (non-hydrogen) atoms. The van der Waals surface area contributed by atoms with Gasteiger partial charge in [0, 0.05) is 13.1 Å². The molecule has 100 valence electrons. The number of nitrogens with one attached hydrogen (secondary N) is 1. The van der Waals surface area contributed by atoms with E-state index in [4.69, 9.17) is 10.8 Å². The van der Waals surface area contributed by atoms with Gasteiger partial charge >= 0.3 is 0 Å². The molecule has 0 aliphatic heterocycles. The number of rotatable bonds is 8. The molecule has 4 heteroatoms. The maximum absolute atomic E-state index is 5.47. The van der Waals surface area contributed by atoms with Gasteiger partial charge in [-0.05, 0) is 18.9 Å². The summed E-state index contributed by atoms with van der Waals surface area (Å²) in [6.45, 7) is 9.57. The van der Waals surface area contributed by atoms with Crippen molar-refractivity contribution in [1.82, 2.24) is 10.3 Å². The lowest BCUT2D eigenvalue weighted by Gasteiger charge is -2.16. The van der Waals surface area contributed by atoms with Crippen LogP contribution in [0.15, 0.2) is 10.7 Å². The molecule has 4 nitrogen and oxygen atoms in total. The van der Waals surface area contributed by atoms with E-state index in [0.717, 1.165) is 31.7 Å². The van der Waals surface area contributed by atoms with Gasteiger partial charge in [-0.25, -0.2) is 0 Å². The molecule has 0 unspecified atom stereocenters. The maximum Gasteiger partial charge on any atom is 0.298 e. The second-order valence-corrected chi connectivity index (χ2v) is 4.77. The van der Waals surface area contributed by atoms with Gasteiger partial charge in [-0.1, -0.05) is 26.7 Å². The van der Waals surface area contributed by atoms with Crippen LogP contribution >= 0.6 is 0 Å². The molecule has 0 aliphatic carbocycles. The van der Waals surface area contributed by atoms with Crippen molar-refractivity contribution in [3.8, 4) is 12.3 Å². The third kappa shape index (κ3) is 4.80. The molecule has 0 atom stereocenters. The predicted molar refractivity (Wildman–Crippen MR) is 74.4 cm³/mol. The zero-order valence-electron chi connectivity index (χ0n) is 11.6. The van der Waals surface area contributed by atoms with Gasteiger partial charge in [0.05, 0.1) is 12.2 Å². The third-order valence-corrected chi connectivity index (χ3v) is 2.44. The minimum atomic E-state index is 0.535. The lowest BCUT2D eigenvalue weighted by molar-refractivity contribution is 0.532. The molecule has 1 aromatic rings. The summed E-state index contributed by atoms with van der Waals surface area (Å²) < 4.78 is 5.47. The average Bonchev–Trinajstić information content (AvgIpc) is 2.77. The van der Waals surface area contributed by atoms with Crippen molar-refractivity contribution < 1.29 is 4.42 Å². The highest BCUT2D eigenvalue weighted by molar-refractivity contribution is 5.29. The molecule has 0 aliphatic rings. The monoisotopic (exact) mass is 249 g/mol. The summed E-state index contributed by atoms with van der Waals surface area (Å²) in [5.74, 6) is 3.26.